The zero-order valence-electron chi connectivity index (χ0n) is 16.8. The number of anilines is 1. The first-order valence-corrected chi connectivity index (χ1v) is 11.8. The number of aliphatic carboxylic acids is 1. The predicted molar refractivity (Wildman–Crippen MR) is 127 cm³/mol. The first-order chi connectivity index (χ1) is 15.7. The van der Waals surface area contributed by atoms with Crippen molar-refractivity contribution in [1.29, 1.82) is 5.26 Å². The molecule has 10 heteroatoms. The molecule has 33 heavy (non-hydrogen) atoms. The summed E-state index contributed by atoms with van der Waals surface area (Å²) in [6.45, 7) is 0. The van der Waals surface area contributed by atoms with Gasteiger partial charge in [-0.1, -0.05) is 29.3 Å². The molecule has 0 aliphatic carbocycles. The van der Waals surface area contributed by atoms with E-state index >= 15 is 0 Å². The van der Waals surface area contributed by atoms with Crippen LogP contribution < -0.4 is 4.72 Å². The van der Waals surface area contributed by atoms with Crippen LogP contribution in [0.1, 0.15) is 11.1 Å². The number of fused-ring (bicyclic) bond motifs is 1. The molecule has 7 nitrogen and oxygen atoms in total. The first-order valence-electron chi connectivity index (χ1n) is 9.52. The largest absolute Gasteiger partial charge is 0.481 e. The molecule has 0 spiro atoms. The third-order valence-electron chi connectivity index (χ3n) is 4.94. The van der Waals surface area contributed by atoms with Crippen LogP contribution in [0.4, 0.5) is 5.69 Å². The molecule has 0 radical (unpaired) electrons. The number of nitriles is 1. The molecule has 166 valence electrons. The van der Waals surface area contributed by atoms with Crippen molar-refractivity contribution in [2.75, 3.05) is 4.72 Å². The van der Waals surface area contributed by atoms with Gasteiger partial charge in [0.15, 0.2) is 0 Å². The van der Waals surface area contributed by atoms with E-state index in [0.717, 1.165) is 10.9 Å². The van der Waals surface area contributed by atoms with Crippen LogP contribution in [-0.4, -0.2) is 24.1 Å². The van der Waals surface area contributed by atoms with Gasteiger partial charge < -0.3 is 9.67 Å². The Labute approximate surface area is 199 Å². The number of hydrogen-bond acceptors (Lipinski definition) is 4. The summed E-state index contributed by atoms with van der Waals surface area (Å²) >= 11 is 11.8. The molecule has 2 N–H and O–H groups in total. The Kier molecular flexibility index (Phi) is 6.04. The van der Waals surface area contributed by atoms with E-state index in [9.17, 15) is 18.5 Å². The minimum atomic E-state index is -3.88. The van der Waals surface area contributed by atoms with Crippen molar-refractivity contribution >= 4 is 55.8 Å². The molecule has 0 aliphatic rings. The van der Waals surface area contributed by atoms with Gasteiger partial charge in [0.2, 0.25) is 0 Å². The Morgan fingerprint density at radius 1 is 1.03 bits per heavy atom. The van der Waals surface area contributed by atoms with E-state index in [2.05, 4.69) is 10.8 Å². The fourth-order valence-corrected chi connectivity index (χ4v) is 4.88. The van der Waals surface area contributed by atoms with Gasteiger partial charge in [0.05, 0.1) is 38.1 Å². The number of sulfonamides is 1. The summed E-state index contributed by atoms with van der Waals surface area (Å²) in [4.78, 5) is 10.9. The molecule has 0 atom stereocenters. The van der Waals surface area contributed by atoms with Crippen LogP contribution in [0.15, 0.2) is 71.8 Å². The summed E-state index contributed by atoms with van der Waals surface area (Å²) in [6, 6.07) is 17.9. The van der Waals surface area contributed by atoms with Gasteiger partial charge in [0, 0.05) is 17.3 Å². The molecular weight excluding hydrogens is 485 g/mol. The number of nitrogens with one attached hydrogen (secondary N) is 1. The smallest absolute Gasteiger partial charge is 0.307 e. The molecule has 0 saturated carbocycles. The Hall–Kier alpha value is -3.51. The SMILES string of the molecule is N#Cc1cc(CC(=O)O)ccc1-n1ccc2cc(NS(=O)(=O)c3ccc(Cl)c(Cl)c3)ccc21. The monoisotopic (exact) mass is 499 g/mol. The number of nitrogens with zero attached hydrogens (tertiary/aromatic N) is 2. The van der Waals surface area contributed by atoms with Crippen LogP contribution >= 0.6 is 23.2 Å². The van der Waals surface area contributed by atoms with Gasteiger partial charge in [-0.3, -0.25) is 9.52 Å². The second kappa shape index (κ2) is 8.79. The third-order valence-corrected chi connectivity index (χ3v) is 7.06. The highest BCUT2D eigenvalue weighted by molar-refractivity contribution is 7.92. The molecule has 1 heterocycles. The van der Waals surface area contributed by atoms with Crippen molar-refractivity contribution in [1.82, 2.24) is 4.57 Å². The van der Waals surface area contributed by atoms with Gasteiger partial charge in [-0.2, -0.15) is 5.26 Å². The summed E-state index contributed by atoms with van der Waals surface area (Å²) < 4.78 is 29.8. The van der Waals surface area contributed by atoms with Crippen molar-refractivity contribution in [2.24, 2.45) is 0 Å². The molecule has 0 amide bonds. The number of rotatable bonds is 6. The lowest BCUT2D eigenvalue weighted by Gasteiger charge is -2.11. The molecule has 0 unspecified atom stereocenters. The maximum atomic E-state index is 12.7. The maximum absolute atomic E-state index is 12.7. The van der Waals surface area contributed by atoms with Crippen molar-refractivity contribution in [3.05, 3.63) is 88.0 Å². The molecule has 0 bridgehead atoms. The number of aromatic nitrogens is 1. The van der Waals surface area contributed by atoms with E-state index in [1.165, 1.54) is 18.2 Å². The van der Waals surface area contributed by atoms with Crippen LogP contribution in [0.3, 0.4) is 0 Å². The number of hydrogen-bond donors (Lipinski definition) is 2. The standard InChI is InChI=1S/C23H15Cl2N3O4S/c24-19-4-3-18(12-20(19)25)33(31,32)27-17-2-6-21-15(11-17)7-8-28(21)22-5-1-14(10-23(29)30)9-16(22)13-26/h1-9,11-12,27H,10H2,(H,29,30). The number of carboxylic acid groups (broad SMARTS) is 1. The van der Waals surface area contributed by atoms with E-state index in [-0.39, 0.29) is 21.4 Å². The summed E-state index contributed by atoms with van der Waals surface area (Å²) in [5.41, 5.74) is 2.54. The second-order valence-electron chi connectivity index (χ2n) is 7.17. The van der Waals surface area contributed by atoms with Crippen LogP contribution in [0.25, 0.3) is 16.6 Å². The van der Waals surface area contributed by atoms with E-state index in [1.807, 2.05) is 0 Å². The zero-order valence-corrected chi connectivity index (χ0v) is 19.1. The van der Waals surface area contributed by atoms with Crippen LogP contribution in [0, 0.1) is 11.3 Å². The minimum absolute atomic E-state index is 0.0188. The summed E-state index contributed by atoms with van der Waals surface area (Å²) in [7, 11) is -3.88. The fraction of sp³-hybridized carbons (Fsp3) is 0.0435. The molecule has 4 rings (SSSR count). The third kappa shape index (κ3) is 4.66. The number of benzene rings is 3. The van der Waals surface area contributed by atoms with Crippen LogP contribution in [-0.2, 0) is 21.2 Å². The lowest BCUT2D eigenvalue weighted by molar-refractivity contribution is -0.136. The second-order valence-corrected chi connectivity index (χ2v) is 9.67. The molecule has 1 aromatic heterocycles. The number of halogens is 2. The van der Waals surface area contributed by atoms with Crippen molar-refractivity contribution in [3.63, 3.8) is 0 Å². The Bertz CT molecular complexity index is 1560. The Morgan fingerprint density at radius 3 is 2.52 bits per heavy atom. The Morgan fingerprint density at radius 2 is 1.82 bits per heavy atom. The highest BCUT2D eigenvalue weighted by atomic mass is 35.5. The van der Waals surface area contributed by atoms with Gasteiger partial charge in [-0.15, -0.1) is 0 Å². The lowest BCUT2D eigenvalue weighted by atomic mass is 10.1. The van der Waals surface area contributed by atoms with E-state index < -0.39 is 16.0 Å². The average molecular weight is 500 g/mol. The first kappa shape index (κ1) is 22.7. The highest BCUT2D eigenvalue weighted by Gasteiger charge is 2.17. The van der Waals surface area contributed by atoms with Gasteiger partial charge in [-0.05, 0) is 60.2 Å². The number of carboxylic acids is 1. The van der Waals surface area contributed by atoms with Gasteiger partial charge in [0.1, 0.15) is 6.07 Å². The van der Waals surface area contributed by atoms with Crippen LogP contribution in [0.2, 0.25) is 10.0 Å². The van der Waals surface area contributed by atoms with Gasteiger partial charge in [-0.25, -0.2) is 8.42 Å². The normalized spacial score (nSPS) is 11.3. The molecule has 0 fully saturated rings. The maximum Gasteiger partial charge on any atom is 0.307 e. The predicted octanol–water partition coefficient (Wildman–Crippen LogP) is 5.24. The molecule has 4 aromatic rings. The number of carbonyl (C=O) groups is 1. The summed E-state index contributed by atoms with van der Waals surface area (Å²) in [6.07, 6.45) is 1.58. The van der Waals surface area contributed by atoms with E-state index in [0.29, 0.717) is 22.5 Å². The summed E-state index contributed by atoms with van der Waals surface area (Å²) in [5.74, 6) is -0.978. The molecular formula is C23H15Cl2N3O4S. The van der Waals surface area contributed by atoms with Gasteiger partial charge in [0.25, 0.3) is 10.0 Å². The van der Waals surface area contributed by atoms with Gasteiger partial charge >= 0.3 is 5.97 Å². The van der Waals surface area contributed by atoms with E-state index in [4.69, 9.17) is 28.3 Å². The quantitative estimate of drug-likeness (QED) is 0.376. The summed E-state index contributed by atoms with van der Waals surface area (Å²) in [5, 5.41) is 19.7. The zero-order chi connectivity index (χ0) is 23.8. The highest BCUT2D eigenvalue weighted by Crippen LogP contribution is 2.29. The van der Waals surface area contributed by atoms with E-state index in [1.54, 1.807) is 53.2 Å². The van der Waals surface area contributed by atoms with Crippen molar-refractivity contribution in [3.8, 4) is 11.8 Å². The fourth-order valence-electron chi connectivity index (χ4n) is 3.44. The molecule has 0 saturated heterocycles. The van der Waals surface area contributed by atoms with Crippen molar-refractivity contribution in [2.45, 2.75) is 11.3 Å². The topological polar surface area (TPSA) is 112 Å². The lowest BCUT2D eigenvalue weighted by Crippen LogP contribution is -2.12. The van der Waals surface area contributed by atoms with Crippen LogP contribution in [0.5, 0.6) is 0 Å². The average Bonchev–Trinajstić information content (AvgIpc) is 3.17. The Balaban J connectivity index is 1.68. The molecule has 0 aliphatic heterocycles. The minimum Gasteiger partial charge on any atom is -0.481 e. The van der Waals surface area contributed by atoms with Crippen molar-refractivity contribution < 1.29 is 18.3 Å². The molecule has 3 aromatic carbocycles.